The molecule has 1 aromatic rings. The second kappa shape index (κ2) is 6.05. The molecular weight excluding hydrogens is 228 g/mol. The van der Waals surface area contributed by atoms with Gasteiger partial charge in [-0.25, -0.2) is 4.98 Å². The molecule has 100 valence electrons. The van der Waals surface area contributed by atoms with Crippen LogP contribution in [0.2, 0.25) is 0 Å². The van der Waals surface area contributed by atoms with E-state index in [1.54, 1.807) is 13.3 Å². The second-order valence-corrected chi connectivity index (χ2v) is 4.79. The summed E-state index contributed by atoms with van der Waals surface area (Å²) in [5, 5.41) is 3.35. The molecule has 0 unspecified atom stereocenters. The number of hydrogen-bond acceptors (Lipinski definition) is 4. The predicted octanol–water partition coefficient (Wildman–Crippen LogP) is 2.85. The maximum absolute atomic E-state index is 5.67. The van der Waals surface area contributed by atoms with Crippen LogP contribution >= 0.6 is 0 Å². The minimum atomic E-state index is -0.000449. The normalized spacial score (nSPS) is 17.0. The van der Waals surface area contributed by atoms with Gasteiger partial charge in [-0.2, -0.15) is 0 Å². The van der Waals surface area contributed by atoms with Crippen molar-refractivity contribution in [2.24, 2.45) is 0 Å². The van der Waals surface area contributed by atoms with E-state index < -0.39 is 0 Å². The standard InChI is InChI=1S/C14H22N2O2/c1-3-10-18-12-6-4-9-15-13(12)16-11-14(17-2)7-5-8-14/h4,6,9H,3,5,7-8,10-11H2,1-2H3,(H,15,16). The summed E-state index contributed by atoms with van der Waals surface area (Å²) >= 11 is 0. The average Bonchev–Trinajstić information content (AvgIpc) is 2.37. The Morgan fingerprint density at radius 3 is 2.89 bits per heavy atom. The highest BCUT2D eigenvalue weighted by molar-refractivity contribution is 5.49. The lowest BCUT2D eigenvalue weighted by atomic mass is 9.80. The second-order valence-electron chi connectivity index (χ2n) is 4.79. The van der Waals surface area contributed by atoms with Crippen LogP contribution < -0.4 is 10.1 Å². The van der Waals surface area contributed by atoms with Crippen LogP contribution in [0.1, 0.15) is 32.6 Å². The van der Waals surface area contributed by atoms with E-state index in [1.165, 1.54) is 6.42 Å². The molecule has 1 aliphatic carbocycles. The molecule has 4 nitrogen and oxygen atoms in total. The van der Waals surface area contributed by atoms with Crippen molar-refractivity contribution in [3.8, 4) is 5.75 Å². The fraction of sp³-hybridized carbons (Fsp3) is 0.643. The van der Waals surface area contributed by atoms with Crippen molar-refractivity contribution in [1.82, 2.24) is 4.98 Å². The number of hydrogen-bond donors (Lipinski definition) is 1. The van der Waals surface area contributed by atoms with Crippen molar-refractivity contribution in [1.29, 1.82) is 0 Å². The largest absolute Gasteiger partial charge is 0.490 e. The van der Waals surface area contributed by atoms with Gasteiger partial charge in [0, 0.05) is 19.9 Å². The topological polar surface area (TPSA) is 43.4 Å². The first kappa shape index (κ1) is 13.1. The molecule has 1 aromatic heterocycles. The van der Waals surface area contributed by atoms with E-state index in [0.29, 0.717) is 0 Å². The molecule has 0 radical (unpaired) electrons. The average molecular weight is 250 g/mol. The first-order valence-electron chi connectivity index (χ1n) is 6.66. The summed E-state index contributed by atoms with van der Waals surface area (Å²) in [5.74, 6) is 1.64. The number of nitrogens with zero attached hydrogens (tertiary/aromatic N) is 1. The van der Waals surface area contributed by atoms with Crippen molar-refractivity contribution < 1.29 is 9.47 Å². The SMILES string of the molecule is CCCOc1cccnc1NCC1(OC)CCC1. The van der Waals surface area contributed by atoms with Crippen LogP contribution in [0, 0.1) is 0 Å². The molecular formula is C14H22N2O2. The summed E-state index contributed by atoms with van der Waals surface area (Å²) in [7, 11) is 1.79. The Bertz CT molecular complexity index is 372. The van der Waals surface area contributed by atoms with E-state index in [4.69, 9.17) is 9.47 Å². The third-order valence-corrected chi connectivity index (χ3v) is 3.51. The summed E-state index contributed by atoms with van der Waals surface area (Å²) in [6.45, 7) is 3.61. The Hall–Kier alpha value is -1.29. The Balaban J connectivity index is 1.95. The van der Waals surface area contributed by atoms with Crippen LogP contribution in [0.3, 0.4) is 0 Å². The molecule has 0 spiro atoms. The van der Waals surface area contributed by atoms with Gasteiger partial charge in [0.15, 0.2) is 11.6 Å². The van der Waals surface area contributed by atoms with Gasteiger partial charge in [0.2, 0.25) is 0 Å². The van der Waals surface area contributed by atoms with Crippen LogP contribution in [-0.4, -0.2) is 30.8 Å². The van der Waals surface area contributed by atoms with Crippen LogP contribution in [0.25, 0.3) is 0 Å². The molecule has 1 aliphatic rings. The molecule has 1 saturated carbocycles. The highest BCUT2D eigenvalue weighted by Gasteiger charge is 2.36. The van der Waals surface area contributed by atoms with Crippen molar-refractivity contribution in [3.05, 3.63) is 18.3 Å². The number of pyridine rings is 1. The smallest absolute Gasteiger partial charge is 0.168 e. The van der Waals surface area contributed by atoms with Crippen molar-refractivity contribution in [3.63, 3.8) is 0 Å². The quantitative estimate of drug-likeness (QED) is 0.808. The van der Waals surface area contributed by atoms with Crippen LogP contribution in [0.4, 0.5) is 5.82 Å². The Kier molecular flexibility index (Phi) is 4.42. The number of methoxy groups -OCH3 is 1. The van der Waals surface area contributed by atoms with E-state index in [2.05, 4.69) is 17.2 Å². The summed E-state index contributed by atoms with van der Waals surface area (Å²) in [5.41, 5.74) is -0.000449. The number of ether oxygens (including phenoxy) is 2. The van der Waals surface area contributed by atoms with Gasteiger partial charge in [-0.3, -0.25) is 0 Å². The minimum Gasteiger partial charge on any atom is -0.490 e. The number of anilines is 1. The van der Waals surface area contributed by atoms with E-state index >= 15 is 0 Å². The van der Waals surface area contributed by atoms with Gasteiger partial charge in [-0.05, 0) is 37.8 Å². The molecule has 0 aromatic carbocycles. The molecule has 18 heavy (non-hydrogen) atoms. The Labute approximate surface area is 109 Å². The number of rotatable bonds is 7. The predicted molar refractivity (Wildman–Crippen MR) is 72.1 cm³/mol. The molecule has 4 heteroatoms. The summed E-state index contributed by atoms with van der Waals surface area (Å²) in [6, 6.07) is 3.84. The third-order valence-electron chi connectivity index (χ3n) is 3.51. The summed E-state index contributed by atoms with van der Waals surface area (Å²) < 4.78 is 11.3. The highest BCUT2D eigenvalue weighted by atomic mass is 16.5. The van der Waals surface area contributed by atoms with Gasteiger partial charge in [0.25, 0.3) is 0 Å². The van der Waals surface area contributed by atoms with Crippen LogP contribution in [0.15, 0.2) is 18.3 Å². The molecule has 0 aliphatic heterocycles. The van der Waals surface area contributed by atoms with Crippen LogP contribution in [-0.2, 0) is 4.74 Å². The number of nitrogens with one attached hydrogen (secondary N) is 1. The monoisotopic (exact) mass is 250 g/mol. The molecule has 0 amide bonds. The maximum Gasteiger partial charge on any atom is 0.168 e. The molecule has 0 saturated heterocycles. The Morgan fingerprint density at radius 2 is 2.28 bits per heavy atom. The van der Waals surface area contributed by atoms with Gasteiger partial charge in [-0.1, -0.05) is 6.92 Å². The van der Waals surface area contributed by atoms with E-state index in [0.717, 1.165) is 44.0 Å². The molecule has 1 fully saturated rings. The lowest BCUT2D eigenvalue weighted by Crippen LogP contribution is -2.45. The van der Waals surface area contributed by atoms with Gasteiger partial charge in [-0.15, -0.1) is 0 Å². The van der Waals surface area contributed by atoms with E-state index in [-0.39, 0.29) is 5.60 Å². The van der Waals surface area contributed by atoms with Crippen LogP contribution in [0.5, 0.6) is 5.75 Å². The van der Waals surface area contributed by atoms with Gasteiger partial charge < -0.3 is 14.8 Å². The first-order chi connectivity index (χ1) is 8.79. The van der Waals surface area contributed by atoms with Gasteiger partial charge in [0.05, 0.1) is 12.2 Å². The fourth-order valence-electron chi connectivity index (χ4n) is 2.12. The van der Waals surface area contributed by atoms with Crippen molar-refractivity contribution in [2.45, 2.75) is 38.2 Å². The fourth-order valence-corrected chi connectivity index (χ4v) is 2.12. The third kappa shape index (κ3) is 2.93. The van der Waals surface area contributed by atoms with Crippen molar-refractivity contribution >= 4 is 5.82 Å². The highest BCUT2D eigenvalue weighted by Crippen LogP contribution is 2.35. The van der Waals surface area contributed by atoms with Crippen molar-refractivity contribution in [2.75, 3.05) is 25.6 Å². The lowest BCUT2D eigenvalue weighted by Gasteiger charge is -2.40. The zero-order chi connectivity index (χ0) is 12.8. The molecule has 1 heterocycles. The van der Waals surface area contributed by atoms with E-state index in [9.17, 15) is 0 Å². The summed E-state index contributed by atoms with van der Waals surface area (Å²) in [6.07, 6.45) is 6.26. The van der Waals surface area contributed by atoms with Gasteiger partial charge >= 0.3 is 0 Å². The Morgan fingerprint density at radius 1 is 1.44 bits per heavy atom. The maximum atomic E-state index is 5.67. The zero-order valence-electron chi connectivity index (χ0n) is 11.2. The molecule has 0 atom stereocenters. The minimum absolute atomic E-state index is 0.000449. The van der Waals surface area contributed by atoms with E-state index in [1.807, 2.05) is 12.1 Å². The molecule has 2 rings (SSSR count). The summed E-state index contributed by atoms with van der Waals surface area (Å²) in [4.78, 5) is 4.34. The number of aromatic nitrogens is 1. The lowest BCUT2D eigenvalue weighted by molar-refractivity contribution is -0.0601. The molecule has 0 bridgehead atoms. The zero-order valence-corrected chi connectivity index (χ0v) is 11.2. The molecule has 1 N–H and O–H groups in total. The van der Waals surface area contributed by atoms with Gasteiger partial charge in [0.1, 0.15) is 0 Å². The first-order valence-corrected chi connectivity index (χ1v) is 6.66.